The van der Waals surface area contributed by atoms with Gasteiger partial charge in [-0.3, -0.25) is 4.79 Å². The van der Waals surface area contributed by atoms with E-state index in [9.17, 15) is 14.7 Å². The molecular formula is C14H21N3O3. The van der Waals surface area contributed by atoms with Crippen LogP contribution < -0.4 is 10.2 Å². The number of carbonyl (C=O) groups excluding carboxylic acids is 1. The summed E-state index contributed by atoms with van der Waals surface area (Å²) in [7, 11) is 3.70. The number of rotatable bonds is 6. The van der Waals surface area contributed by atoms with Crippen LogP contribution in [-0.4, -0.2) is 41.6 Å². The normalized spacial score (nSPS) is 13.4. The highest BCUT2D eigenvalue weighted by Crippen LogP contribution is 2.14. The minimum Gasteiger partial charge on any atom is -0.480 e. The molecule has 1 unspecified atom stereocenters. The quantitative estimate of drug-likeness (QED) is 0.825. The summed E-state index contributed by atoms with van der Waals surface area (Å²) in [6.45, 7) is 3.39. The number of pyridine rings is 1. The fourth-order valence-electron chi connectivity index (χ4n) is 1.83. The molecule has 0 saturated carbocycles. The van der Waals surface area contributed by atoms with E-state index >= 15 is 0 Å². The van der Waals surface area contributed by atoms with E-state index in [0.29, 0.717) is 18.4 Å². The highest BCUT2D eigenvalue weighted by Gasteiger charge is 2.34. The van der Waals surface area contributed by atoms with Gasteiger partial charge < -0.3 is 15.3 Å². The third-order valence-corrected chi connectivity index (χ3v) is 3.08. The van der Waals surface area contributed by atoms with Crippen LogP contribution in [0, 0.1) is 0 Å². The van der Waals surface area contributed by atoms with Crippen LogP contribution in [0.2, 0.25) is 0 Å². The number of anilines is 1. The number of hydrogen-bond donors (Lipinski definition) is 2. The van der Waals surface area contributed by atoms with Crippen molar-refractivity contribution in [1.82, 2.24) is 10.3 Å². The number of nitrogens with one attached hydrogen (secondary N) is 1. The van der Waals surface area contributed by atoms with E-state index in [1.165, 1.54) is 13.1 Å². The first kappa shape index (κ1) is 15.9. The Balaban J connectivity index is 2.87. The Kier molecular flexibility index (Phi) is 5.07. The fourth-order valence-corrected chi connectivity index (χ4v) is 1.83. The van der Waals surface area contributed by atoms with Gasteiger partial charge in [-0.2, -0.15) is 0 Å². The maximum absolute atomic E-state index is 12.1. The number of carboxylic acids is 1. The van der Waals surface area contributed by atoms with Gasteiger partial charge in [-0.05, 0) is 25.5 Å². The molecule has 0 aliphatic heterocycles. The summed E-state index contributed by atoms with van der Waals surface area (Å²) in [5.41, 5.74) is -0.911. The molecule has 0 aromatic carbocycles. The van der Waals surface area contributed by atoms with E-state index in [2.05, 4.69) is 10.3 Å². The average molecular weight is 279 g/mol. The minimum absolute atomic E-state index is 0.346. The molecule has 0 radical (unpaired) electrons. The van der Waals surface area contributed by atoms with Gasteiger partial charge >= 0.3 is 5.97 Å². The predicted octanol–water partition coefficient (Wildman–Crippen LogP) is 1.52. The minimum atomic E-state index is -1.26. The van der Waals surface area contributed by atoms with Gasteiger partial charge in [0.05, 0.1) is 5.56 Å². The van der Waals surface area contributed by atoms with E-state index < -0.39 is 17.4 Å². The molecule has 1 heterocycles. The lowest BCUT2D eigenvalue weighted by atomic mass is 9.96. The van der Waals surface area contributed by atoms with Crippen molar-refractivity contribution in [3.05, 3.63) is 23.9 Å². The molecule has 1 amide bonds. The predicted molar refractivity (Wildman–Crippen MR) is 77.0 cm³/mol. The average Bonchev–Trinajstić information content (AvgIpc) is 2.38. The fraction of sp³-hybridized carbons (Fsp3) is 0.500. The number of aliphatic carboxylic acids is 1. The first-order valence-electron chi connectivity index (χ1n) is 6.49. The van der Waals surface area contributed by atoms with Gasteiger partial charge in [-0.15, -0.1) is 0 Å². The largest absolute Gasteiger partial charge is 0.480 e. The third kappa shape index (κ3) is 3.69. The summed E-state index contributed by atoms with van der Waals surface area (Å²) in [6, 6.07) is 3.35. The van der Waals surface area contributed by atoms with Crippen LogP contribution in [0.15, 0.2) is 18.3 Å². The summed E-state index contributed by atoms with van der Waals surface area (Å²) in [6.07, 6.45) is 2.48. The van der Waals surface area contributed by atoms with E-state index in [0.717, 1.165) is 5.82 Å². The third-order valence-electron chi connectivity index (χ3n) is 3.08. The van der Waals surface area contributed by atoms with Gasteiger partial charge in [0.25, 0.3) is 5.91 Å². The maximum atomic E-state index is 12.1. The smallest absolute Gasteiger partial charge is 0.329 e. The van der Waals surface area contributed by atoms with Crippen LogP contribution >= 0.6 is 0 Å². The number of carbonyl (C=O) groups is 2. The number of aromatic nitrogens is 1. The van der Waals surface area contributed by atoms with Gasteiger partial charge in [0.15, 0.2) is 0 Å². The molecule has 0 fully saturated rings. The van der Waals surface area contributed by atoms with Gasteiger partial charge in [0, 0.05) is 20.3 Å². The highest BCUT2D eigenvalue weighted by molar-refractivity contribution is 5.97. The molecule has 6 heteroatoms. The van der Waals surface area contributed by atoms with Gasteiger partial charge in [-0.1, -0.05) is 13.3 Å². The maximum Gasteiger partial charge on any atom is 0.329 e. The van der Waals surface area contributed by atoms with Crippen molar-refractivity contribution >= 4 is 17.7 Å². The zero-order valence-corrected chi connectivity index (χ0v) is 12.3. The molecule has 1 aromatic heterocycles. The first-order valence-corrected chi connectivity index (χ1v) is 6.49. The van der Waals surface area contributed by atoms with Crippen LogP contribution in [0.1, 0.15) is 37.0 Å². The van der Waals surface area contributed by atoms with E-state index in [1.807, 2.05) is 25.9 Å². The molecule has 1 rings (SSSR count). The van der Waals surface area contributed by atoms with E-state index in [4.69, 9.17) is 0 Å². The van der Waals surface area contributed by atoms with E-state index in [-0.39, 0.29) is 0 Å². The van der Waals surface area contributed by atoms with Crippen molar-refractivity contribution in [2.24, 2.45) is 0 Å². The summed E-state index contributed by atoms with van der Waals surface area (Å²) in [5, 5.41) is 11.8. The van der Waals surface area contributed by atoms with Crippen LogP contribution in [0.25, 0.3) is 0 Å². The van der Waals surface area contributed by atoms with Crippen LogP contribution in [-0.2, 0) is 4.79 Å². The van der Waals surface area contributed by atoms with Crippen LogP contribution in [0.4, 0.5) is 5.82 Å². The molecule has 6 nitrogen and oxygen atoms in total. The molecule has 2 N–H and O–H groups in total. The lowest BCUT2D eigenvalue weighted by Crippen LogP contribution is -2.52. The van der Waals surface area contributed by atoms with Crippen molar-refractivity contribution in [1.29, 1.82) is 0 Å². The molecule has 0 aliphatic carbocycles. The molecule has 0 bridgehead atoms. The molecular weight excluding hydrogens is 258 g/mol. The van der Waals surface area contributed by atoms with Crippen molar-refractivity contribution in [2.75, 3.05) is 19.0 Å². The Morgan fingerprint density at radius 3 is 2.45 bits per heavy atom. The lowest BCUT2D eigenvalue weighted by molar-refractivity contribution is -0.144. The highest BCUT2D eigenvalue weighted by atomic mass is 16.4. The molecule has 0 saturated heterocycles. The SMILES string of the molecule is CCCC(C)(NC(=O)c1ccc(N(C)C)nc1)C(=O)O. The topological polar surface area (TPSA) is 82.5 Å². The Hall–Kier alpha value is -2.11. The summed E-state index contributed by atoms with van der Waals surface area (Å²) in [5.74, 6) is -0.733. The van der Waals surface area contributed by atoms with Crippen molar-refractivity contribution in [2.45, 2.75) is 32.2 Å². The van der Waals surface area contributed by atoms with Crippen LogP contribution in [0.3, 0.4) is 0 Å². The number of carboxylic acid groups (broad SMARTS) is 1. The standard InChI is InChI=1S/C14H21N3O3/c1-5-8-14(2,13(19)20)16-12(18)10-6-7-11(15-9-10)17(3)4/h6-7,9H,5,8H2,1-4H3,(H,16,18)(H,19,20). The molecule has 110 valence electrons. The zero-order chi connectivity index (χ0) is 15.3. The zero-order valence-electron chi connectivity index (χ0n) is 12.3. The summed E-state index contributed by atoms with van der Waals surface area (Å²) in [4.78, 5) is 29.3. The van der Waals surface area contributed by atoms with Crippen LogP contribution in [0.5, 0.6) is 0 Å². The van der Waals surface area contributed by atoms with E-state index in [1.54, 1.807) is 12.1 Å². The van der Waals surface area contributed by atoms with Crippen molar-refractivity contribution < 1.29 is 14.7 Å². The van der Waals surface area contributed by atoms with Gasteiger partial charge in [0.2, 0.25) is 0 Å². The second kappa shape index (κ2) is 6.36. The summed E-state index contributed by atoms with van der Waals surface area (Å²) < 4.78 is 0. The van der Waals surface area contributed by atoms with Gasteiger partial charge in [0.1, 0.15) is 11.4 Å². The molecule has 0 spiro atoms. The lowest BCUT2D eigenvalue weighted by Gasteiger charge is -2.25. The number of amides is 1. The van der Waals surface area contributed by atoms with Crippen molar-refractivity contribution in [3.8, 4) is 0 Å². The molecule has 0 aliphatic rings. The number of hydrogen-bond acceptors (Lipinski definition) is 4. The Morgan fingerprint density at radius 1 is 1.40 bits per heavy atom. The second-order valence-electron chi connectivity index (χ2n) is 5.14. The second-order valence-corrected chi connectivity index (χ2v) is 5.14. The number of nitrogens with zero attached hydrogens (tertiary/aromatic N) is 2. The monoisotopic (exact) mass is 279 g/mol. The summed E-state index contributed by atoms with van der Waals surface area (Å²) >= 11 is 0. The molecule has 1 atom stereocenters. The Labute approximate surface area is 118 Å². The Bertz CT molecular complexity index is 485. The van der Waals surface area contributed by atoms with Crippen molar-refractivity contribution in [3.63, 3.8) is 0 Å². The molecule has 1 aromatic rings. The molecule has 20 heavy (non-hydrogen) atoms. The Morgan fingerprint density at radius 2 is 2.05 bits per heavy atom. The first-order chi connectivity index (χ1) is 9.30. The van der Waals surface area contributed by atoms with Gasteiger partial charge in [-0.25, -0.2) is 9.78 Å².